The Labute approximate surface area is 97.1 Å². The van der Waals surface area contributed by atoms with Crippen LogP contribution in [0.2, 0.25) is 0 Å². The van der Waals surface area contributed by atoms with E-state index in [4.69, 9.17) is 0 Å². The van der Waals surface area contributed by atoms with Crippen LogP contribution in [-0.2, 0) is 4.57 Å². The molecule has 0 aliphatic heterocycles. The first-order valence-electron chi connectivity index (χ1n) is 5.53. The van der Waals surface area contributed by atoms with Crippen molar-refractivity contribution >= 4 is 24.7 Å². The van der Waals surface area contributed by atoms with Crippen molar-refractivity contribution in [2.75, 3.05) is 0 Å². The van der Waals surface area contributed by atoms with E-state index in [1.807, 2.05) is 0 Å². The van der Waals surface area contributed by atoms with Gasteiger partial charge in [-0.15, -0.1) is 0 Å². The smallest absolute Gasteiger partial charge is 0.206 e. The minimum atomic E-state index is -2.79. The zero-order valence-corrected chi connectivity index (χ0v) is 9.01. The second kappa shape index (κ2) is 5.17. The lowest BCUT2D eigenvalue weighted by molar-refractivity contribution is 0.446. The van der Waals surface area contributed by atoms with Crippen molar-refractivity contribution in [3.05, 3.63) is 0 Å². The van der Waals surface area contributed by atoms with Crippen molar-refractivity contribution in [1.29, 1.82) is 0 Å². The zero-order valence-electron chi connectivity index (χ0n) is 8.11. The van der Waals surface area contributed by atoms with Gasteiger partial charge in [0.05, 0.1) is 0 Å². The molecule has 0 aromatic carbocycles. The standard InChI is InChI=1S/C10H19O2P.Al.3H/c11-13(12,9-5-1-2-6-9)10-7-3-4-8-10;;;;/h9-10H,1-8H2,(H,11,12);;;;. The van der Waals surface area contributed by atoms with Crippen molar-refractivity contribution < 1.29 is 9.46 Å². The molecule has 2 aliphatic rings. The minimum Gasteiger partial charge on any atom is -0.344 e. The maximum Gasteiger partial charge on any atom is 0.206 e. The van der Waals surface area contributed by atoms with Gasteiger partial charge in [0, 0.05) is 11.3 Å². The topological polar surface area (TPSA) is 37.3 Å². The number of hydrogen-bond donors (Lipinski definition) is 1. The number of hydrogen-bond acceptors (Lipinski definition) is 1. The summed E-state index contributed by atoms with van der Waals surface area (Å²) in [5.74, 6) is 0. The second-order valence-corrected chi connectivity index (χ2v) is 7.35. The molecule has 0 radical (unpaired) electrons. The molecule has 82 valence electrons. The van der Waals surface area contributed by atoms with Crippen LogP contribution in [-0.4, -0.2) is 33.6 Å². The van der Waals surface area contributed by atoms with Crippen molar-refractivity contribution in [3.8, 4) is 0 Å². The summed E-state index contributed by atoms with van der Waals surface area (Å²) < 4.78 is 12.2. The summed E-state index contributed by atoms with van der Waals surface area (Å²) in [4.78, 5) is 10.1. The third kappa shape index (κ3) is 2.45. The van der Waals surface area contributed by atoms with Gasteiger partial charge in [-0.2, -0.15) is 0 Å². The highest BCUT2D eigenvalue weighted by atomic mass is 31.2. The van der Waals surface area contributed by atoms with Gasteiger partial charge in [-0.1, -0.05) is 25.7 Å². The van der Waals surface area contributed by atoms with Crippen LogP contribution < -0.4 is 0 Å². The Bertz CT molecular complexity index is 200. The Morgan fingerprint density at radius 3 is 1.43 bits per heavy atom. The highest BCUT2D eigenvalue weighted by molar-refractivity contribution is 7.59. The van der Waals surface area contributed by atoms with E-state index >= 15 is 0 Å². The van der Waals surface area contributed by atoms with Crippen LogP contribution in [0.15, 0.2) is 0 Å². The molecule has 14 heavy (non-hydrogen) atoms. The third-order valence-electron chi connectivity index (χ3n) is 3.70. The molecule has 0 saturated heterocycles. The molecule has 0 amide bonds. The lowest BCUT2D eigenvalue weighted by atomic mass is 10.4. The summed E-state index contributed by atoms with van der Waals surface area (Å²) in [7, 11) is -2.79. The van der Waals surface area contributed by atoms with Gasteiger partial charge in [-0.3, -0.25) is 4.57 Å². The van der Waals surface area contributed by atoms with Crippen molar-refractivity contribution in [2.24, 2.45) is 0 Å². The van der Waals surface area contributed by atoms with E-state index in [-0.39, 0.29) is 28.7 Å². The van der Waals surface area contributed by atoms with E-state index in [1.165, 1.54) is 25.7 Å². The molecule has 2 aliphatic carbocycles. The molecule has 0 bridgehead atoms. The molecule has 2 fully saturated rings. The summed E-state index contributed by atoms with van der Waals surface area (Å²) in [6.07, 6.45) is 8.69. The molecule has 0 spiro atoms. The molecular formula is C10H22AlO2P. The predicted molar refractivity (Wildman–Crippen MR) is 64.3 cm³/mol. The average molecular weight is 232 g/mol. The fourth-order valence-electron chi connectivity index (χ4n) is 2.85. The van der Waals surface area contributed by atoms with Gasteiger partial charge < -0.3 is 4.89 Å². The first-order valence-corrected chi connectivity index (χ1v) is 7.33. The SMILES string of the molecule is O=P(O)(C1CCCC1)C1CCCC1.[AlH3]. The summed E-state index contributed by atoms with van der Waals surface area (Å²) >= 11 is 0. The molecule has 0 unspecified atom stereocenters. The van der Waals surface area contributed by atoms with Crippen LogP contribution in [0.25, 0.3) is 0 Å². The molecule has 0 aromatic rings. The first-order chi connectivity index (χ1) is 6.21. The van der Waals surface area contributed by atoms with Gasteiger partial charge in [0.2, 0.25) is 7.37 Å². The van der Waals surface area contributed by atoms with E-state index < -0.39 is 7.37 Å². The Morgan fingerprint density at radius 1 is 0.857 bits per heavy atom. The summed E-state index contributed by atoms with van der Waals surface area (Å²) in [5, 5.41) is 0. The van der Waals surface area contributed by atoms with E-state index in [1.54, 1.807) is 0 Å². The van der Waals surface area contributed by atoms with Gasteiger partial charge in [0.15, 0.2) is 17.4 Å². The highest BCUT2D eigenvalue weighted by Crippen LogP contribution is 2.60. The predicted octanol–water partition coefficient (Wildman–Crippen LogP) is 1.96. The van der Waals surface area contributed by atoms with E-state index in [2.05, 4.69) is 0 Å². The lowest BCUT2D eigenvalue weighted by Gasteiger charge is -2.23. The molecule has 0 heterocycles. The van der Waals surface area contributed by atoms with Gasteiger partial charge in [0.25, 0.3) is 0 Å². The molecule has 0 atom stereocenters. The first kappa shape index (κ1) is 12.8. The van der Waals surface area contributed by atoms with Crippen LogP contribution in [0.3, 0.4) is 0 Å². The summed E-state index contributed by atoms with van der Waals surface area (Å²) in [6, 6.07) is 0. The van der Waals surface area contributed by atoms with E-state index in [0.29, 0.717) is 0 Å². The average Bonchev–Trinajstić information content (AvgIpc) is 2.78. The third-order valence-corrected chi connectivity index (χ3v) is 6.82. The largest absolute Gasteiger partial charge is 0.344 e. The molecule has 4 heteroatoms. The molecule has 1 N–H and O–H groups in total. The summed E-state index contributed by atoms with van der Waals surface area (Å²) in [6.45, 7) is 0. The van der Waals surface area contributed by atoms with E-state index in [9.17, 15) is 9.46 Å². The van der Waals surface area contributed by atoms with Crippen LogP contribution >= 0.6 is 7.37 Å². The molecular weight excluding hydrogens is 210 g/mol. The van der Waals surface area contributed by atoms with Gasteiger partial charge in [-0.05, 0) is 25.7 Å². The second-order valence-electron chi connectivity index (χ2n) is 4.55. The van der Waals surface area contributed by atoms with Crippen LogP contribution in [0.5, 0.6) is 0 Å². The molecule has 2 saturated carbocycles. The Kier molecular flexibility index (Phi) is 4.73. The molecule has 2 rings (SSSR count). The van der Waals surface area contributed by atoms with Gasteiger partial charge in [0.1, 0.15) is 0 Å². The van der Waals surface area contributed by atoms with Crippen LogP contribution in [0.4, 0.5) is 0 Å². The maximum atomic E-state index is 12.2. The van der Waals surface area contributed by atoms with Crippen LogP contribution in [0, 0.1) is 0 Å². The van der Waals surface area contributed by atoms with Crippen molar-refractivity contribution in [2.45, 2.75) is 62.7 Å². The minimum absolute atomic E-state index is 0. The zero-order chi connectivity index (χ0) is 9.31. The fourth-order valence-corrected chi connectivity index (χ4v) is 5.65. The fraction of sp³-hybridized carbons (Fsp3) is 1.00. The Balaban J connectivity index is 0.000000980. The molecule has 0 aromatic heterocycles. The van der Waals surface area contributed by atoms with E-state index in [0.717, 1.165) is 25.7 Å². The normalized spacial score (nSPS) is 25.2. The number of rotatable bonds is 2. The van der Waals surface area contributed by atoms with Crippen molar-refractivity contribution in [3.63, 3.8) is 0 Å². The Hall–Kier alpha value is 0.722. The maximum absolute atomic E-state index is 12.2. The van der Waals surface area contributed by atoms with Gasteiger partial charge >= 0.3 is 0 Å². The van der Waals surface area contributed by atoms with Crippen molar-refractivity contribution in [1.82, 2.24) is 0 Å². The lowest BCUT2D eigenvalue weighted by Crippen LogP contribution is -2.13. The summed E-state index contributed by atoms with van der Waals surface area (Å²) in [5.41, 5.74) is 0.325. The Morgan fingerprint density at radius 2 is 1.14 bits per heavy atom. The van der Waals surface area contributed by atoms with Crippen LogP contribution in [0.1, 0.15) is 51.4 Å². The monoisotopic (exact) mass is 232 g/mol. The highest BCUT2D eigenvalue weighted by Gasteiger charge is 2.41. The molecule has 2 nitrogen and oxygen atoms in total. The quantitative estimate of drug-likeness (QED) is 0.583. The van der Waals surface area contributed by atoms with Gasteiger partial charge in [-0.25, -0.2) is 0 Å².